The number of methoxy groups -OCH3 is 3. The minimum absolute atomic E-state index is 0. The van der Waals surface area contributed by atoms with E-state index in [1.807, 2.05) is 50.2 Å². The van der Waals surface area contributed by atoms with Crippen molar-refractivity contribution in [2.75, 3.05) is 39.8 Å². The highest BCUT2D eigenvalue weighted by atomic mass is 127. The van der Waals surface area contributed by atoms with Gasteiger partial charge in [0.05, 0.1) is 34.5 Å². The van der Waals surface area contributed by atoms with E-state index in [0.717, 1.165) is 29.3 Å². The van der Waals surface area contributed by atoms with Gasteiger partial charge in [0.1, 0.15) is 11.5 Å². The largest absolute Gasteiger partial charge is 0.497 e. The molecule has 0 bridgehead atoms. The van der Waals surface area contributed by atoms with Gasteiger partial charge in [0, 0.05) is 29.9 Å². The fourth-order valence-electron chi connectivity index (χ4n) is 2.61. The summed E-state index contributed by atoms with van der Waals surface area (Å²) < 4.78 is 21.7. The number of halogens is 1. The summed E-state index contributed by atoms with van der Waals surface area (Å²) in [6.07, 6.45) is 0. The second-order valence-electron chi connectivity index (χ2n) is 5.80. The average molecular weight is 515 g/mol. The highest BCUT2D eigenvalue weighted by Gasteiger charge is 2.08. The molecule has 0 unspecified atom stereocenters. The van der Waals surface area contributed by atoms with Gasteiger partial charge >= 0.3 is 0 Å². The number of anilines is 1. The van der Waals surface area contributed by atoms with Crippen molar-refractivity contribution in [1.29, 1.82) is 0 Å². The van der Waals surface area contributed by atoms with Crippen molar-refractivity contribution in [2.45, 2.75) is 20.4 Å². The molecule has 2 aromatic carbocycles. The van der Waals surface area contributed by atoms with Crippen LogP contribution in [-0.4, -0.2) is 40.4 Å². The Morgan fingerprint density at radius 2 is 1.66 bits per heavy atom. The molecule has 29 heavy (non-hydrogen) atoms. The minimum Gasteiger partial charge on any atom is -0.497 e. The maximum atomic E-state index is 5.56. The molecule has 0 saturated carbocycles. The summed E-state index contributed by atoms with van der Waals surface area (Å²) in [5, 5.41) is 6.53. The van der Waals surface area contributed by atoms with Crippen LogP contribution in [0.3, 0.4) is 0 Å². The molecule has 0 aliphatic heterocycles. The molecule has 0 atom stereocenters. The summed E-state index contributed by atoms with van der Waals surface area (Å²) in [7, 11) is 4.89. The number of hydrogen-bond acceptors (Lipinski definition) is 5. The average Bonchev–Trinajstić information content (AvgIpc) is 2.73. The van der Waals surface area contributed by atoms with Gasteiger partial charge in [0.25, 0.3) is 0 Å². The van der Waals surface area contributed by atoms with Gasteiger partial charge in [-0.05, 0) is 38.1 Å². The highest BCUT2D eigenvalue weighted by molar-refractivity contribution is 14.0. The molecule has 8 heteroatoms. The summed E-state index contributed by atoms with van der Waals surface area (Å²) in [6, 6.07) is 11.4. The molecule has 0 radical (unpaired) electrons. The Kier molecular flexibility index (Phi) is 11.0. The normalized spacial score (nSPS) is 10.6. The lowest BCUT2D eigenvalue weighted by atomic mass is 10.2. The molecule has 2 N–H and O–H groups in total. The number of benzene rings is 2. The van der Waals surface area contributed by atoms with Gasteiger partial charge < -0.3 is 29.6 Å². The zero-order chi connectivity index (χ0) is 20.4. The van der Waals surface area contributed by atoms with Gasteiger partial charge in [0.15, 0.2) is 17.5 Å². The van der Waals surface area contributed by atoms with E-state index in [2.05, 4.69) is 15.6 Å². The Balaban J connectivity index is 0.00000420. The molecule has 0 saturated heterocycles. The molecule has 0 fully saturated rings. The number of ether oxygens (including phenoxy) is 4. The van der Waals surface area contributed by atoms with Gasteiger partial charge in [-0.15, -0.1) is 24.0 Å². The zero-order valence-corrected chi connectivity index (χ0v) is 19.9. The van der Waals surface area contributed by atoms with Crippen LogP contribution in [-0.2, 0) is 6.54 Å². The first kappa shape index (κ1) is 24.7. The van der Waals surface area contributed by atoms with Crippen LogP contribution in [0, 0.1) is 0 Å². The van der Waals surface area contributed by atoms with Crippen LogP contribution >= 0.6 is 24.0 Å². The van der Waals surface area contributed by atoms with Gasteiger partial charge in [-0.3, -0.25) is 0 Å². The topological polar surface area (TPSA) is 73.3 Å². The Morgan fingerprint density at radius 3 is 2.28 bits per heavy atom. The number of aliphatic imine (C=N–C) groups is 1. The fraction of sp³-hybridized carbons (Fsp3) is 0.381. The number of hydrogen-bond donors (Lipinski definition) is 2. The summed E-state index contributed by atoms with van der Waals surface area (Å²) in [5.41, 5.74) is 1.81. The molecule has 0 aliphatic rings. The monoisotopic (exact) mass is 515 g/mol. The predicted octanol–water partition coefficient (Wildman–Crippen LogP) is 4.31. The fourth-order valence-corrected chi connectivity index (χ4v) is 2.61. The van der Waals surface area contributed by atoms with Crippen LogP contribution < -0.4 is 29.6 Å². The van der Waals surface area contributed by atoms with Crippen molar-refractivity contribution in [1.82, 2.24) is 5.32 Å². The third-order valence-corrected chi connectivity index (χ3v) is 3.97. The van der Waals surface area contributed by atoms with Gasteiger partial charge in [-0.2, -0.15) is 0 Å². The van der Waals surface area contributed by atoms with E-state index >= 15 is 0 Å². The van der Waals surface area contributed by atoms with E-state index in [4.69, 9.17) is 18.9 Å². The molecule has 160 valence electrons. The first-order chi connectivity index (χ1) is 13.6. The molecule has 0 spiro atoms. The predicted molar refractivity (Wildman–Crippen MR) is 128 cm³/mol. The Morgan fingerprint density at radius 1 is 0.897 bits per heavy atom. The SMILES string of the molecule is CCNC(=NCc1ccc(OC)cc1OC)Nc1ccc(OCC)c(OC)c1.I. The Labute approximate surface area is 189 Å². The van der Waals surface area contributed by atoms with Crippen molar-refractivity contribution >= 4 is 35.6 Å². The lowest BCUT2D eigenvalue weighted by molar-refractivity contribution is 0.311. The second-order valence-corrected chi connectivity index (χ2v) is 5.80. The summed E-state index contributed by atoms with van der Waals surface area (Å²) in [5.74, 6) is 3.52. The zero-order valence-electron chi connectivity index (χ0n) is 17.6. The summed E-state index contributed by atoms with van der Waals surface area (Å²) in [6.45, 7) is 5.73. The van der Waals surface area contributed by atoms with Gasteiger partial charge in [-0.25, -0.2) is 4.99 Å². The number of rotatable bonds is 9. The molecule has 0 amide bonds. The Bertz CT molecular complexity index is 799. The third-order valence-electron chi connectivity index (χ3n) is 3.97. The van der Waals surface area contributed by atoms with E-state index in [9.17, 15) is 0 Å². The van der Waals surface area contributed by atoms with Crippen LogP contribution in [0.25, 0.3) is 0 Å². The maximum absolute atomic E-state index is 5.56. The van der Waals surface area contributed by atoms with Gasteiger partial charge in [-0.1, -0.05) is 0 Å². The molecule has 7 nitrogen and oxygen atoms in total. The molecular weight excluding hydrogens is 485 g/mol. The molecule has 0 aromatic heterocycles. The highest BCUT2D eigenvalue weighted by Crippen LogP contribution is 2.30. The van der Waals surface area contributed by atoms with E-state index in [1.54, 1.807) is 21.3 Å². The van der Waals surface area contributed by atoms with Crippen molar-refractivity contribution in [3.05, 3.63) is 42.0 Å². The van der Waals surface area contributed by atoms with Crippen LogP contribution in [0.5, 0.6) is 23.0 Å². The minimum atomic E-state index is 0. The smallest absolute Gasteiger partial charge is 0.196 e. The second kappa shape index (κ2) is 13.0. The summed E-state index contributed by atoms with van der Waals surface area (Å²) >= 11 is 0. The standard InChI is InChI=1S/C21H29N3O4.HI/c1-6-22-21(23-14-15-8-10-17(25-3)13-19(15)26-4)24-16-9-11-18(28-7-2)20(12-16)27-5;/h8-13H,6-7,14H2,1-5H3,(H2,22,23,24);1H. The lowest BCUT2D eigenvalue weighted by Gasteiger charge is -2.15. The van der Waals surface area contributed by atoms with E-state index < -0.39 is 0 Å². The van der Waals surface area contributed by atoms with Crippen molar-refractivity contribution < 1.29 is 18.9 Å². The molecular formula is C21H30IN3O4. The molecule has 0 heterocycles. The number of guanidine groups is 1. The summed E-state index contributed by atoms with van der Waals surface area (Å²) in [4.78, 5) is 4.66. The molecule has 2 rings (SSSR count). The van der Waals surface area contributed by atoms with Crippen LogP contribution in [0.15, 0.2) is 41.4 Å². The van der Waals surface area contributed by atoms with Crippen molar-refractivity contribution in [3.8, 4) is 23.0 Å². The number of nitrogens with zero attached hydrogens (tertiary/aromatic N) is 1. The first-order valence-corrected chi connectivity index (χ1v) is 9.22. The molecule has 0 aliphatic carbocycles. The van der Waals surface area contributed by atoms with Crippen LogP contribution in [0.2, 0.25) is 0 Å². The van der Waals surface area contributed by atoms with Gasteiger partial charge in [0.2, 0.25) is 0 Å². The molecule has 2 aromatic rings. The number of nitrogens with one attached hydrogen (secondary N) is 2. The van der Waals surface area contributed by atoms with Crippen LogP contribution in [0.1, 0.15) is 19.4 Å². The third kappa shape index (κ3) is 7.19. The Hall–Kier alpha value is -2.36. The maximum Gasteiger partial charge on any atom is 0.196 e. The van der Waals surface area contributed by atoms with Crippen LogP contribution in [0.4, 0.5) is 5.69 Å². The van der Waals surface area contributed by atoms with Crippen molar-refractivity contribution in [3.63, 3.8) is 0 Å². The van der Waals surface area contributed by atoms with E-state index in [0.29, 0.717) is 30.6 Å². The van der Waals surface area contributed by atoms with Crippen molar-refractivity contribution in [2.24, 2.45) is 4.99 Å². The first-order valence-electron chi connectivity index (χ1n) is 9.22. The van der Waals surface area contributed by atoms with E-state index in [-0.39, 0.29) is 24.0 Å². The van der Waals surface area contributed by atoms with E-state index in [1.165, 1.54) is 0 Å². The lowest BCUT2D eigenvalue weighted by Crippen LogP contribution is -2.30. The quantitative estimate of drug-likeness (QED) is 0.295.